The lowest BCUT2D eigenvalue weighted by molar-refractivity contribution is -0.137. The molecule has 11 heteroatoms. The number of fused-ring (bicyclic) bond motifs is 1. The quantitative estimate of drug-likeness (QED) is 0.438. The number of benzene rings is 1. The number of hydrogen-bond acceptors (Lipinski definition) is 4. The van der Waals surface area contributed by atoms with Gasteiger partial charge in [0.2, 0.25) is 5.28 Å². The first-order valence-electron chi connectivity index (χ1n) is 9.61. The summed E-state index contributed by atoms with van der Waals surface area (Å²) in [5.41, 5.74) is 0.538. The first kappa shape index (κ1) is 21.1. The van der Waals surface area contributed by atoms with Crippen LogP contribution in [0.15, 0.2) is 41.5 Å². The third-order valence-electron chi connectivity index (χ3n) is 4.81. The Morgan fingerprint density at radius 2 is 2.03 bits per heavy atom. The van der Waals surface area contributed by atoms with Gasteiger partial charge in [0.05, 0.1) is 23.9 Å². The van der Waals surface area contributed by atoms with Gasteiger partial charge in [0.15, 0.2) is 11.2 Å². The summed E-state index contributed by atoms with van der Waals surface area (Å²) in [6.45, 7) is 2.74. The predicted molar refractivity (Wildman–Crippen MR) is 110 cm³/mol. The van der Waals surface area contributed by atoms with E-state index in [1.807, 2.05) is 6.92 Å². The molecule has 4 rings (SSSR count). The number of nitrogens with zero attached hydrogens (tertiary/aromatic N) is 5. The van der Waals surface area contributed by atoms with Crippen molar-refractivity contribution in [3.63, 3.8) is 0 Å². The molecule has 0 aliphatic carbocycles. The number of hydrogen-bond donors (Lipinski definition) is 1. The van der Waals surface area contributed by atoms with Crippen molar-refractivity contribution >= 4 is 22.8 Å². The molecule has 0 aliphatic rings. The Balaban J connectivity index is 1.71. The van der Waals surface area contributed by atoms with E-state index < -0.39 is 11.7 Å². The summed E-state index contributed by atoms with van der Waals surface area (Å²) >= 11 is 5.86. The van der Waals surface area contributed by atoms with Crippen LogP contribution >= 0.6 is 11.6 Å². The number of aromatic amines is 1. The second-order valence-corrected chi connectivity index (χ2v) is 7.45. The summed E-state index contributed by atoms with van der Waals surface area (Å²) in [4.78, 5) is 23.5. The smallest absolute Gasteiger partial charge is 0.318 e. The van der Waals surface area contributed by atoms with Gasteiger partial charge in [-0.15, -0.1) is 0 Å². The molecule has 0 spiro atoms. The van der Waals surface area contributed by atoms with Gasteiger partial charge in [0.1, 0.15) is 5.82 Å². The van der Waals surface area contributed by atoms with Gasteiger partial charge in [0, 0.05) is 12.7 Å². The van der Waals surface area contributed by atoms with Crippen LogP contribution in [-0.4, -0.2) is 29.3 Å². The average molecular weight is 451 g/mol. The van der Waals surface area contributed by atoms with Gasteiger partial charge in [-0.2, -0.15) is 23.3 Å². The van der Waals surface area contributed by atoms with Crippen molar-refractivity contribution in [1.29, 1.82) is 0 Å². The van der Waals surface area contributed by atoms with Crippen LogP contribution in [-0.2, 0) is 19.3 Å². The van der Waals surface area contributed by atoms with Gasteiger partial charge in [-0.1, -0.05) is 25.5 Å². The number of H-pyrrole nitrogens is 1. The van der Waals surface area contributed by atoms with E-state index in [1.54, 1.807) is 23.0 Å². The summed E-state index contributed by atoms with van der Waals surface area (Å²) in [6, 6.07) is 5.11. The lowest BCUT2D eigenvalue weighted by atomic mass is 10.1. The molecule has 0 atom stereocenters. The topological polar surface area (TPSA) is 81.4 Å². The number of imidazole rings is 1. The van der Waals surface area contributed by atoms with Crippen LogP contribution in [0, 0.1) is 0 Å². The molecule has 162 valence electrons. The van der Waals surface area contributed by atoms with Crippen LogP contribution in [0.3, 0.4) is 0 Å². The van der Waals surface area contributed by atoms with E-state index in [0.717, 1.165) is 25.0 Å². The normalized spacial score (nSPS) is 12.0. The standard InChI is InChI=1S/C20H18ClF3N6O/c1-2-3-7-30-15-16(27-19(21)28-18(15)31)26-17(30)13-9-25-29(11-13)10-12-5-4-6-14(8-12)20(22,23)24/h4-6,8-9,11H,2-3,7,10H2,1H3,(H,27,28,31). The van der Waals surface area contributed by atoms with Crippen LogP contribution in [0.1, 0.15) is 30.9 Å². The van der Waals surface area contributed by atoms with Gasteiger partial charge in [0.25, 0.3) is 5.56 Å². The van der Waals surface area contributed by atoms with E-state index in [2.05, 4.69) is 20.1 Å². The lowest BCUT2D eigenvalue weighted by Crippen LogP contribution is -2.13. The predicted octanol–water partition coefficient (Wildman–Crippen LogP) is 4.50. The highest BCUT2D eigenvalue weighted by molar-refractivity contribution is 6.28. The van der Waals surface area contributed by atoms with Crippen molar-refractivity contribution in [3.8, 4) is 11.4 Å². The van der Waals surface area contributed by atoms with E-state index in [-0.39, 0.29) is 23.0 Å². The molecule has 31 heavy (non-hydrogen) atoms. The molecule has 0 saturated heterocycles. The highest BCUT2D eigenvalue weighted by Gasteiger charge is 2.30. The molecular weight excluding hydrogens is 433 g/mol. The van der Waals surface area contributed by atoms with Crippen molar-refractivity contribution < 1.29 is 13.2 Å². The SMILES string of the molecule is CCCCn1c(-c2cnn(Cc3cccc(C(F)(F)F)c3)c2)nc2nc(Cl)[nH]c(=O)c21. The Kier molecular flexibility index (Phi) is 5.57. The maximum atomic E-state index is 13.0. The average Bonchev–Trinajstić information content (AvgIpc) is 3.30. The van der Waals surface area contributed by atoms with Crippen LogP contribution in [0.25, 0.3) is 22.6 Å². The molecular formula is C20H18ClF3N6O. The Morgan fingerprint density at radius 1 is 1.23 bits per heavy atom. The summed E-state index contributed by atoms with van der Waals surface area (Å²) in [6.07, 6.45) is 0.565. The number of halogens is 4. The van der Waals surface area contributed by atoms with Gasteiger partial charge in [-0.25, -0.2) is 4.98 Å². The zero-order valence-electron chi connectivity index (χ0n) is 16.4. The van der Waals surface area contributed by atoms with Crippen molar-refractivity contribution in [2.75, 3.05) is 0 Å². The molecule has 7 nitrogen and oxygen atoms in total. The van der Waals surface area contributed by atoms with Gasteiger partial charge < -0.3 is 4.57 Å². The summed E-state index contributed by atoms with van der Waals surface area (Å²) in [5.74, 6) is 0.499. The fraction of sp³-hybridized carbons (Fsp3) is 0.300. The molecule has 0 fully saturated rings. The fourth-order valence-electron chi connectivity index (χ4n) is 3.37. The summed E-state index contributed by atoms with van der Waals surface area (Å²) in [7, 11) is 0. The molecule has 0 amide bonds. The van der Waals surface area contributed by atoms with Crippen molar-refractivity contribution in [1.82, 2.24) is 29.3 Å². The molecule has 4 aromatic rings. The third-order valence-corrected chi connectivity index (χ3v) is 4.99. The monoisotopic (exact) mass is 450 g/mol. The van der Waals surface area contributed by atoms with E-state index in [0.29, 0.717) is 29.0 Å². The molecule has 0 radical (unpaired) electrons. The Hall–Kier alpha value is -3.14. The van der Waals surface area contributed by atoms with E-state index >= 15 is 0 Å². The van der Waals surface area contributed by atoms with Crippen LogP contribution in [0.5, 0.6) is 0 Å². The van der Waals surface area contributed by atoms with Crippen molar-refractivity contribution in [3.05, 3.63) is 63.4 Å². The molecule has 3 aromatic heterocycles. The molecule has 0 saturated carbocycles. The summed E-state index contributed by atoms with van der Waals surface area (Å²) in [5, 5.41) is 4.21. The minimum atomic E-state index is -4.41. The molecule has 0 bridgehead atoms. The maximum Gasteiger partial charge on any atom is 0.416 e. The molecule has 0 aliphatic heterocycles. The first-order chi connectivity index (χ1) is 14.8. The van der Waals surface area contributed by atoms with Crippen LogP contribution in [0.4, 0.5) is 13.2 Å². The van der Waals surface area contributed by atoms with E-state index in [9.17, 15) is 18.0 Å². The van der Waals surface area contributed by atoms with Gasteiger partial charge >= 0.3 is 6.18 Å². The molecule has 1 aromatic carbocycles. The highest BCUT2D eigenvalue weighted by Crippen LogP contribution is 2.30. The fourth-order valence-corrected chi connectivity index (χ4v) is 3.53. The van der Waals surface area contributed by atoms with Gasteiger partial charge in [-0.3, -0.25) is 14.5 Å². The van der Waals surface area contributed by atoms with Crippen molar-refractivity contribution in [2.45, 2.75) is 39.0 Å². The molecule has 3 heterocycles. The minimum Gasteiger partial charge on any atom is -0.318 e. The van der Waals surface area contributed by atoms with Crippen LogP contribution in [0.2, 0.25) is 5.28 Å². The lowest BCUT2D eigenvalue weighted by Gasteiger charge is -2.09. The van der Waals surface area contributed by atoms with E-state index in [4.69, 9.17) is 11.6 Å². The molecule has 0 unspecified atom stereocenters. The first-order valence-corrected chi connectivity index (χ1v) is 9.99. The Morgan fingerprint density at radius 3 is 2.77 bits per heavy atom. The zero-order valence-corrected chi connectivity index (χ0v) is 17.2. The zero-order chi connectivity index (χ0) is 22.2. The second-order valence-electron chi connectivity index (χ2n) is 7.09. The Labute approximate surface area is 179 Å². The Bertz CT molecular complexity index is 1290. The number of alkyl halides is 3. The highest BCUT2D eigenvalue weighted by atomic mass is 35.5. The number of aromatic nitrogens is 6. The number of aryl methyl sites for hydroxylation is 1. The number of rotatable bonds is 6. The van der Waals surface area contributed by atoms with E-state index in [1.165, 1.54) is 10.7 Å². The maximum absolute atomic E-state index is 13.0. The number of unbranched alkanes of at least 4 members (excludes halogenated alkanes) is 1. The second kappa shape index (κ2) is 8.18. The largest absolute Gasteiger partial charge is 0.416 e. The van der Waals surface area contributed by atoms with Crippen LogP contribution < -0.4 is 5.56 Å². The molecule has 1 N–H and O–H groups in total. The minimum absolute atomic E-state index is 0.0515. The van der Waals surface area contributed by atoms with Crippen molar-refractivity contribution in [2.24, 2.45) is 0 Å². The third kappa shape index (κ3) is 4.34. The summed E-state index contributed by atoms with van der Waals surface area (Å²) < 4.78 is 42.2. The number of nitrogens with one attached hydrogen (secondary N) is 1. The van der Waals surface area contributed by atoms with Gasteiger partial charge in [-0.05, 0) is 35.7 Å².